The summed E-state index contributed by atoms with van der Waals surface area (Å²) in [5, 5.41) is 5.81. The molecule has 1 aromatic heterocycles. The summed E-state index contributed by atoms with van der Waals surface area (Å²) >= 11 is 0. The van der Waals surface area contributed by atoms with E-state index in [9.17, 15) is 14.0 Å². The van der Waals surface area contributed by atoms with E-state index in [1.165, 1.54) is 19.3 Å². The number of ketones is 1. The Morgan fingerprint density at radius 3 is 2.62 bits per heavy atom. The predicted octanol–water partition coefficient (Wildman–Crippen LogP) is 4.49. The molecular formula is C20H17FN2O3. The highest BCUT2D eigenvalue weighted by Crippen LogP contribution is 2.21. The Balaban J connectivity index is 1.71. The van der Waals surface area contributed by atoms with E-state index in [1.54, 1.807) is 42.5 Å². The highest BCUT2D eigenvalue weighted by atomic mass is 19.1. The van der Waals surface area contributed by atoms with Gasteiger partial charge in [-0.3, -0.25) is 9.59 Å². The van der Waals surface area contributed by atoms with E-state index in [2.05, 4.69) is 10.6 Å². The molecule has 0 unspecified atom stereocenters. The first kappa shape index (κ1) is 17.4. The molecule has 6 heteroatoms. The molecule has 0 saturated carbocycles. The number of carbonyl (C=O) groups excluding carboxylic acids is 2. The highest BCUT2D eigenvalue weighted by molar-refractivity contribution is 6.02. The van der Waals surface area contributed by atoms with Crippen LogP contribution in [-0.4, -0.2) is 11.7 Å². The van der Waals surface area contributed by atoms with Crippen LogP contribution in [0.5, 0.6) is 0 Å². The number of anilines is 2. The summed E-state index contributed by atoms with van der Waals surface area (Å²) in [6.45, 7) is 1.70. The molecule has 132 valence electrons. The van der Waals surface area contributed by atoms with Gasteiger partial charge in [-0.1, -0.05) is 18.2 Å². The molecule has 0 aliphatic rings. The van der Waals surface area contributed by atoms with Crippen molar-refractivity contribution in [3.05, 3.63) is 83.6 Å². The summed E-state index contributed by atoms with van der Waals surface area (Å²) in [6, 6.07) is 14.9. The number of carbonyl (C=O) groups is 2. The average Bonchev–Trinajstić information content (AvgIpc) is 3.15. The third-order valence-corrected chi connectivity index (χ3v) is 3.78. The van der Waals surface area contributed by atoms with Crippen molar-refractivity contribution in [1.29, 1.82) is 0 Å². The van der Waals surface area contributed by atoms with Gasteiger partial charge < -0.3 is 15.1 Å². The summed E-state index contributed by atoms with van der Waals surface area (Å²) in [6.07, 6.45) is 1.43. The molecule has 2 aromatic carbocycles. The fourth-order valence-electron chi connectivity index (χ4n) is 2.59. The summed E-state index contributed by atoms with van der Waals surface area (Å²) < 4.78 is 18.9. The fraction of sp³-hybridized carbons (Fsp3) is 0.100. The van der Waals surface area contributed by atoms with Crippen molar-refractivity contribution in [2.24, 2.45) is 0 Å². The van der Waals surface area contributed by atoms with Gasteiger partial charge in [0.2, 0.25) is 0 Å². The molecule has 0 aliphatic heterocycles. The average molecular weight is 352 g/mol. The largest absolute Gasteiger partial charge is 0.459 e. The van der Waals surface area contributed by atoms with Crippen molar-refractivity contribution in [1.82, 2.24) is 0 Å². The van der Waals surface area contributed by atoms with Gasteiger partial charge in [-0.25, -0.2) is 4.39 Å². The second-order valence-electron chi connectivity index (χ2n) is 5.70. The van der Waals surface area contributed by atoms with Crippen molar-refractivity contribution in [2.75, 3.05) is 10.6 Å². The van der Waals surface area contributed by atoms with Crippen molar-refractivity contribution in [2.45, 2.75) is 13.5 Å². The molecule has 5 nitrogen and oxygen atoms in total. The number of amides is 1. The van der Waals surface area contributed by atoms with Crippen LogP contribution in [0.15, 0.2) is 65.3 Å². The SMILES string of the molecule is CC(=O)c1c(F)cccc1NCc1cccc(NC(=O)c2ccco2)c1. The van der Waals surface area contributed by atoms with Crippen molar-refractivity contribution < 1.29 is 18.4 Å². The number of Topliss-reactive ketones (excluding diaryl/α,β-unsaturated/α-hetero) is 1. The first-order valence-electron chi connectivity index (χ1n) is 8.01. The number of hydrogen-bond donors (Lipinski definition) is 2. The predicted molar refractivity (Wildman–Crippen MR) is 96.8 cm³/mol. The molecule has 0 atom stereocenters. The number of furan rings is 1. The van der Waals surface area contributed by atoms with Crippen LogP contribution in [-0.2, 0) is 6.54 Å². The molecule has 0 bridgehead atoms. The molecule has 0 fully saturated rings. The molecular weight excluding hydrogens is 335 g/mol. The first-order valence-corrected chi connectivity index (χ1v) is 8.01. The van der Waals surface area contributed by atoms with Crippen LogP contribution in [0, 0.1) is 5.82 Å². The maximum Gasteiger partial charge on any atom is 0.291 e. The zero-order valence-electron chi connectivity index (χ0n) is 14.1. The quantitative estimate of drug-likeness (QED) is 0.642. The minimum Gasteiger partial charge on any atom is -0.459 e. The third kappa shape index (κ3) is 3.97. The van der Waals surface area contributed by atoms with Gasteiger partial charge in [-0.15, -0.1) is 0 Å². The maximum absolute atomic E-state index is 13.9. The minimum atomic E-state index is -0.554. The summed E-state index contributed by atoms with van der Waals surface area (Å²) in [5.74, 6) is -1.02. The number of nitrogens with one attached hydrogen (secondary N) is 2. The van der Waals surface area contributed by atoms with E-state index in [1.807, 2.05) is 6.07 Å². The summed E-state index contributed by atoms with van der Waals surface area (Å²) in [7, 11) is 0. The van der Waals surface area contributed by atoms with Crippen LogP contribution in [0.25, 0.3) is 0 Å². The molecule has 1 amide bonds. The molecule has 2 N–H and O–H groups in total. The van der Waals surface area contributed by atoms with Crippen molar-refractivity contribution in [3.8, 4) is 0 Å². The normalized spacial score (nSPS) is 10.4. The van der Waals surface area contributed by atoms with E-state index < -0.39 is 5.82 Å². The fourth-order valence-corrected chi connectivity index (χ4v) is 2.59. The first-order chi connectivity index (χ1) is 12.5. The Bertz CT molecular complexity index is 936. The lowest BCUT2D eigenvalue weighted by Crippen LogP contribution is -2.11. The molecule has 26 heavy (non-hydrogen) atoms. The van der Waals surface area contributed by atoms with E-state index in [0.29, 0.717) is 17.9 Å². The molecule has 0 radical (unpaired) electrons. The van der Waals surface area contributed by atoms with E-state index in [4.69, 9.17) is 4.42 Å². The maximum atomic E-state index is 13.9. The van der Waals surface area contributed by atoms with Gasteiger partial charge in [0.15, 0.2) is 11.5 Å². The summed E-state index contributed by atoms with van der Waals surface area (Å²) in [5.41, 5.74) is 1.94. The van der Waals surface area contributed by atoms with Gasteiger partial charge in [0, 0.05) is 17.9 Å². The van der Waals surface area contributed by atoms with Gasteiger partial charge in [0.1, 0.15) is 5.82 Å². The number of benzene rings is 2. The smallest absolute Gasteiger partial charge is 0.291 e. The van der Waals surface area contributed by atoms with Crippen LogP contribution in [0.2, 0.25) is 0 Å². The van der Waals surface area contributed by atoms with Crippen molar-refractivity contribution >= 4 is 23.1 Å². The van der Waals surface area contributed by atoms with Gasteiger partial charge in [0.25, 0.3) is 5.91 Å². The van der Waals surface area contributed by atoms with Gasteiger partial charge in [0.05, 0.1) is 11.8 Å². The molecule has 1 heterocycles. The Labute approximate surface area is 149 Å². The molecule has 0 saturated heterocycles. The zero-order chi connectivity index (χ0) is 18.5. The lowest BCUT2D eigenvalue weighted by atomic mass is 10.1. The Morgan fingerprint density at radius 1 is 1.08 bits per heavy atom. The standard InChI is InChI=1S/C20H17FN2O3/c1-13(24)19-16(21)7-3-8-17(19)22-12-14-5-2-6-15(11-14)23-20(25)18-9-4-10-26-18/h2-11,22H,12H2,1H3,(H,23,25). The van der Waals surface area contributed by atoms with E-state index in [0.717, 1.165) is 5.56 Å². The monoisotopic (exact) mass is 352 g/mol. The van der Waals surface area contributed by atoms with Gasteiger partial charge in [-0.2, -0.15) is 0 Å². The Hall–Kier alpha value is -3.41. The zero-order valence-corrected chi connectivity index (χ0v) is 14.1. The number of hydrogen-bond acceptors (Lipinski definition) is 4. The Kier molecular flexibility index (Phi) is 5.12. The Morgan fingerprint density at radius 2 is 1.88 bits per heavy atom. The second-order valence-corrected chi connectivity index (χ2v) is 5.70. The van der Waals surface area contributed by atoms with Gasteiger partial charge in [-0.05, 0) is 48.9 Å². The summed E-state index contributed by atoms with van der Waals surface area (Å²) in [4.78, 5) is 23.7. The van der Waals surface area contributed by atoms with Crippen LogP contribution < -0.4 is 10.6 Å². The van der Waals surface area contributed by atoms with Crippen molar-refractivity contribution in [3.63, 3.8) is 0 Å². The van der Waals surface area contributed by atoms with Crippen LogP contribution in [0.1, 0.15) is 33.4 Å². The highest BCUT2D eigenvalue weighted by Gasteiger charge is 2.13. The third-order valence-electron chi connectivity index (χ3n) is 3.78. The lowest BCUT2D eigenvalue weighted by molar-refractivity contribution is 0.0993. The van der Waals surface area contributed by atoms with Gasteiger partial charge >= 0.3 is 0 Å². The minimum absolute atomic E-state index is 0.0368. The lowest BCUT2D eigenvalue weighted by Gasteiger charge is -2.12. The molecule has 0 spiro atoms. The molecule has 3 rings (SSSR count). The van der Waals surface area contributed by atoms with Crippen LogP contribution in [0.4, 0.5) is 15.8 Å². The molecule has 3 aromatic rings. The topological polar surface area (TPSA) is 71.3 Å². The van der Waals surface area contributed by atoms with E-state index in [-0.39, 0.29) is 23.0 Å². The second kappa shape index (κ2) is 7.65. The number of rotatable bonds is 6. The molecule has 0 aliphatic carbocycles. The van der Waals surface area contributed by atoms with Crippen LogP contribution >= 0.6 is 0 Å². The number of halogens is 1. The van der Waals surface area contributed by atoms with Crippen LogP contribution in [0.3, 0.4) is 0 Å². The van der Waals surface area contributed by atoms with E-state index >= 15 is 0 Å².